The van der Waals surface area contributed by atoms with Crippen molar-refractivity contribution >= 4 is 11.8 Å². The van der Waals surface area contributed by atoms with Crippen molar-refractivity contribution in [3.8, 4) is 0 Å². The minimum atomic E-state index is 0.137. The molecule has 2 rings (SSSR count). The van der Waals surface area contributed by atoms with Crippen molar-refractivity contribution in [3.05, 3.63) is 0 Å². The molecule has 0 spiro atoms. The van der Waals surface area contributed by atoms with Crippen molar-refractivity contribution in [2.45, 2.75) is 45.4 Å². The highest BCUT2D eigenvalue weighted by Crippen LogP contribution is 2.20. The maximum atomic E-state index is 12.3. The largest absolute Gasteiger partial charge is 0.341 e. The summed E-state index contributed by atoms with van der Waals surface area (Å²) in [6.45, 7) is 4.87. The van der Waals surface area contributed by atoms with E-state index >= 15 is 0 Å². The van der Waals surface area contributed by atoms with Gasteiger partial charge in [0.2, 0.25) is 11.8 Å². The molecule has 102 valence electrons. The van der Waals surface area contributed by atoms with E-state index in [4.69, 9.17) is 0 Å². The number of amides is 2. The lowest BCUT2D eigenvalue weighted by atomic mass is 10.00. The van der Waals surface area contributed by atoms with Crippen molar-refractivity contribution in [2.24, 2.45) is 5.92 Å². The van der Waals surface area contributed by atoms with Gasteiger partial charge in [-0.1, -0.05) is 13.3 Å². The zero-order valence-electron chi connectivity index (χ0n) is 11.4. The maximum Gasteiger partial charge on any atom is 0.242 e. The van der Waals surface area contributed by atoms with Crippen LogP contribution in [0.1, 0.15) is 45.4 Å². The Bertz CT molecular complexity index is 311. The van der Waals surface area contributed by atoms with E-state index in [-0.39, 0.29) is 17.7 Å². The smallest absolute Gasteiger partial charge is 0.242 e. The van der Waals surface area contributed by atoms with Gasteiger partial charge >= 0.3 is 0 Å². The van der Waals surface area contributed by atoms with E-state index in [0.717, 1.165) is 58.2 Å². The number of likely N-dealkylation sites (tertiary alicyclic amines) is 2. The van der Waals surface area contributed by atoms with Crippen LogP contribution in [0.15, 0.2) is 0 Å². The van der Waals surface area contributed by atoms with E-state index in [9.17, 15) is 9.59 Å². The Kier molecular flexibility index (Phi) is 4.61. The Morgan fingerprint density at radius 1 is 1.17 bits per heavy atom. The lowest BCUT2D eigenvalue weighted by Gasteiger charge is -2.25. The van der Waals surface area contributed by atoms with Crippen molar-refractivity contribution in [3.63, 3.8) is 0 Å². The summed E-state index contributed by atoms with van der Waals surface area (Å²) in [7, 11) is 0. The molecule has 0 unspecified atom stereocenters. The highest BCUT2D eigenvalue weighted by atomic mass is 16.2. The van der Waals surface area contributed by atoms with E-state index in [0.29, 0.717) is 6.54 Å². The second-order valence-corrected chi connectivity index (χ2v) is 5.45. The third kappa shape index (κ3) is 3.03. The van der Waals surface area contributed by atoms with Gasteiger partial charge in [-0.15, -0.1) is 0 Å². The van der Waals surface area contributed by atoms with E-state index in [2.05, 4.69) is 6.92 Å². The zero-order chi connectivity index (χ0) is 13.0. The van der Waals surface area contributed by atoms with Gasteiger partial charge in [0.15, 0.2) is 0 Å². The quantitative estimate of drug-likeness (QED) is 0.766. The fraction of sp³-hybridized carbons (Fsp3) is 0.857. The molecule has 0 aliphatic carbocycles. The summed E-state index contributed by atoms with van der Waals surface area (Å²) in [6, 6.07) is 0. The predicted octanol–water partition coefficient (Wildman–Crippen LogP) is 1.65. The van der Waals surface area contributed by atoms with Crippen molar-refractivity contribution in [1.29, 1.82) is 0 Å². The standard InChI is InChI=1S/C14H24N2O2/c1-2-12-7-3-4-10-16(14(12)18)11-13(17)15-8-5-6-9-15/h12H,2-11H2,1H3/t12-/m0/s1. The SMILES string of the molecule is CC[C@H]1CCCCN(CC(=O)N2CCCC2)C1=O. The minimum absolute atomic E-state index is 0.137. The van der Waals surface area contributed by atoms with Crippen LogP contribution in [0.25, 0.3) is 0 Å². The lowest BCUT2D eigenvalue weighted by Crippen LogP contribution is -2.43. The predicted molar refractivity (Wildman–Crippen MR) is 70.0 cm³/mol. The molecule has 2 aliphatic heterocycles. The van der Waals surface area contributed by atoms with Gasteiger partial charge < -0.3 is 9.80 Å². The minimum Gasteiger partial charge on any atom is -0.341 e. The molecule has 2 amide bonds. The van der Waals surface area contributed by atoms with Gasteiger partial charge in [-0.2, -0.15) is 0 Å². The first-order chi connectivity index (χ1) is 8.72. The summed E-state index contributed by atoms with van der Waals surface area (Å²) >= 11 is 0. The molecule has 0 saturated carbocycles. The molecule has 0 aromatic heterocycles. The van der Waals surface area contributed by atoms with Gasteiger partial charge in [0.25, 0.3) is 0 Å². The fourth-order valence-corrected chi connectivity index (χ4v) is 2.95. The summed E-state index contributed by atoms with van der Waals surface area (Å²) in [6.07, 6.45) is 6.25. The molecule has 18 heavy (non-hydrogen) atoms. The van der Waals surface area contributed by atoms with E-state index in [1.807, 2.05) is 4.90 Å². The summed E-state index contributed by atoms with van der Waals surface area (Å²) in [5.74, 6) is 0.471. The Morgan fingerprint density at radius 2 is 1.83 bits per heavy atom. The highest BCUT2D eigenvalue weighted by molar-refractivity contribution is 5.86. The van der Waals surface area contributed by atoms with Crippen LogP contribution in [0.3, 0.4) is 0 Å². The lowest BCUT2D eigenvalue weighted by molar-refractivity contribution is -0.142. The molecule has 2 aliphatic rings. The van der Waals surface area contributed by atoms with E-state index in [1.165, 1.54) is 0 Å². The van der Waals surface area contributed by atoms with Crippen LogP contribution in [0.2, 0.25) is 0 Å². The Hall–Kier alpha value is -1.06. The molecule has 1 atom stereocenters. The normalized spacial score (nSPS) is 25.4. The van der Waals surface area contributed by atoms with Crippen molar-refractivity contribution in [1.82, 2.24) is 9.80 Å². The van der Waals surface area contributed by atoms with Gasteiger partial charge in [0.1, 0.15) is 0 Å². The maximum absolute atomic E-state index is 12.3. The van der Waals surface area contributed by atoms with Crippen LogP contribution in [-0.4, -0.2) is 47.8 Å². The van der Waals surface area contributed by atoms with Crippen LogP contribution in [0, 0.1) is 5.92 Å². The van der Waals surface area contributed by atoms with Gasteiger partial charge in [-0.3, -0.25) is 9.59 Å². The number of nitrogens with zero attached hydrogens (tertiary/aromatic N) is 2. The molecule has 2 fully saturated rings. The number of rotatable bonds is 3. The molecule has 0 radical (unpaired) electrons. The van der Waals surface area contributed by atoms with E-state index in [1.54, 1.807) is 4.90 Å². The van der Waals surface area contributed by atoms with E-state index < -0.39 is 0 Å². The Labute approximate surface area is 109 Å². The highest BCUT2D eigenvalue weighted by Gasteiger charge is 2.28. The number of hydrogen-bond acceptors (Lipinski definition) is 2. The van der Waals surface area contributed by atoms with Crippen LogP contribution in [0.4, 0.5) is 0 Å². The summed E-state index contributed by atoms with van der Waals surface area (Å²) in [5.41, 5.74) is 0. The first-order valence-electron chi connectivity index (χ1n) is 7.29. The third-order valence-electron chi connectivity index (χ3n) is 4.17. The molecule has 4 heteroatoms. The topological polar surface area (TPSA) is 40.6 Å². The molecule has 0 aromatic carbocycles. The molecule has 0 N–H and O–H groups in total. The average molecular weight is 252 g/mol. The van der Waals surface area contributed by atoms with Crippen LogP contribution in [0.5, 0.6) is 0 Å². The number of carbonyl (C=O) groups excluding carboxylic acids is 2. The summed E-state index contributed by atoms with van der Waals surface area (Å²) < 4.78 is 0. The first kappa shape index (κ1) is 13.4. The van der Waals surface area contributed by atoms with Crippen molar-refractivity contribution < 1.29 is 9.59 Å². The summed E-state index contributed by atoms with van der Waals surface area (Å²) in [5, 5.41) is 0. The molecule has 0 aromatic rings. The Morgan fingerprint density at radius 3 is 2.50 bits per heavy atom. The van der Waals surface area contributed by atoms with Gasteiger partial charge in [0, 0.05) is 25.6 Å². The third-order valence-corrected chi connectivity index (χ3v) is 4.17. The van der Waals surface area contributed by atoms with Crippen LogP contribution in [-0.2, 0) is 9.59 Å². The van der Waals surface area contributed by atoms with Crippen molar-refractivity contribution in [2.75, 3.05) is 26.2 Å². The Balaban J connectivity index is 1.93. The zero-order valence-corrected chi connectivity index (χ0v) is 11.4. The number of carbonyl (C=O) groups is 2. The molecule has 2 saturated heterocycles. The number of hydrogen-bond donors (Lipinski definition) is 0. The second-order valence-electron chi connectivity index (χ2n) is 5.45. The molecule has 4 nitrogen and oxygen atoms in total. The molecular weight excluding hydrogens is 228 g/mol. The van der Waals surface area contributed by atoms with Gasteiger partial charge in [0.05, 0.1) is 6.54 Å². The fourth-order valence-electron chi connectivity index (χ4n) is 2.95. The first-order valence-corrected chi connectivity index (χ1v) is 7.29. The average Bonchev–Trinajstić information content (AvgIpc) is 2.85. The molecular formula is C14H24N2O2. The van der Waals surface area contributed by atoms with Gasteiger partial charge in [-0.25, -0.2) is 0 Å². The second kappa shape index (κ2) is 6.21. The van der Waals surface area contributed by atoms with Gasteiger partial charge in [-0.05, 0) is 32.1 Å². The van der Waals surface area contributed by atoms with Crippen LogP contribution >= 0.6 is 0 Å². The summed E-state index contributed by atoms with van der Waals surface area (Å²) in [4.78, 5) is 28.1. The van der Waals surface area contributed by atoms with Crippen LogP contribution < -0.4 is 0 Å². The monoisotopic (exact) mass is 252 g/mol. The molecule has 2 heterocycles. The molecule has 0 bridgehead atoms.